The summed E-state index contributed by atoms with van der Waals surface area (Å²) in [7, 11) is 0. The number of ether oxygens (including phenoxy) is 1. The van der Waals surface area contributed by atoms with Gasteiger partial charge in [-0.1, -0.05) is 0 Å². The molecule has 0 aliphatic carbocycles. The van der Waals surface area contributed by atoms with E-state index in [9.17, 15) is 26.3 Å². The molecule has 2 unspecified atom stereocenters. The Bertz CT molecular complexity index is 209. The van der Waals surface area contributed by atoms with Crippen molar-refractivity contribution < 1.29 is 31.1 Å². The van der Waals surface area contributed by atoms with Crippen LogP contribution in [0.25, 0.3) is 0 Å². The molecule has 0 aromatic carbocycles. The molecule has 1 heterocycles. The monoisotopic (exact) mass is 208 g/mol. The van der Waals surface area contributed by atoms with Gasteiger partial charge in [-0.2, -0.15) is 17.6 Å². The summed E-state index contributed by atoms with van der Waals surface area (Å²) in [5.41, 5.74) is -4.34. The molecule has 1 aliphatic rings. The van der Waals surface area contributed by atoms with E-state index in [1.807, 2.05) is 0 Å². The summed E-state index contributed by atoms with van der Waals surface area (Å²) >= 11 is 0. The van der Waals surface area contributed by atoms with Crippen LogP contribution in [0, 0.1) is 0 Å². The lowest BCUT2D eigenvalue weighted by Crippen LogP contribution is -2.52. The van der Waals surface area contributed by atoms with Gasteiger partial charge in [0.25, 0.3) is 11.5 Å². The third kappa shape index (κ3) is 0.992. The highest BCUT2D eigenvalue weighted by Gasteiger charge is 2.84. The lowest BCUT2D eigenvalue weighted by Gasteiger charge is -2.25. The van der Waals surface area contributed by atoms with Crippen molar-refractivity contribution in [2.24, 2.45) is 0 Å². The van der Waals surface area contributed by atoms with Gasteiger partial charge in [0, 0.05) is 6.92 Å². The van der Waals surface area contributed by atoms with E-state index in [0.717, 1.165) is 0 Å². The molecule has 2 atom stereocenters. The SMILES string of the molecule is CC1(F)OC(F)(F)C(C)(F)C1(F)F. The van der Waals surface area contributed by atoms with Gasteiger partial charge in [-0.05, 0) is 6.92 Å². The van der Waals surface area contributed by atoms with Crippen LogP contribution in [0.3, 0.4) is 0 Å². The first-order chi connectivity index (χ1) is 5.46. The van der Waals surface area contributed by atoms with Gasteiger partial charge in [-0.15, -0.1) is 0 Å². The van der Waals surface area contributed by atoms with Crippen molar-refractivity contribution in [1.29, 1.82) is 0 Å². The van der Waals surface area contributed by atoms with E-state index in [0.29, 0.717) is 0 Å². The average molecular weight is 208 g/mol. The van der Waals surface area contributed by atoms with Crippen molar-refractivity contribution in [2.75, 3.05) is 0 Å². The smallest absolute Gasteiger partial charge is 0.274 e. The van der Waals surface area contributed by atoms with E-state index >= 15 is 0 Å². The largest absolute Gasteiger partial charge is 0.398 e. The number of alkyl halides is 6. The minimum Gasteiger partial charge on any atom is -0.274 e. The van der Waals surface area contributed by atoms with Crippen LogP contribution in [-0.4, -0.2) is 23.6 Å². The van der Waals surface area contributed by atoms with E-state index in [1.165, 1.54) is 0 Å². The van der Waals surface area contributed by atoms with Gasteiger partial charge >= 0.3 is 12.0 Å². The molecule has 0 radical (unpaired) electrons. The second-order valence-corrected chi connectivity index (χ2v) is 3.11. The molecule has 78 valence electrons. The molecule has 0 aromatic rings. The molecule has 0 amide bonds. The molecule has 1 rings (SSSR count). The summed E-state index contributed by atoms with van der Waals surface area (Å²) in [4.78, 5) is 0. The maximum Gasteiger partial charge on any atom is 0.398 e. The van der Waals surface area contributed by atoms with E-state index in [4.69, 9.17) is 0 Å². The summed E-state index contributed by atoms with van der Waals surface area (Å²) < 4.78 is 78.6. The standard InChI is InChI=1S/C6H6F6O/c1-3(7)5(9,10)4(2,8)13-6(3,11)12/h1-2H3. The van der Waals surface area contributed by atoms with E-state index in [1.54, 1.807) is 0 Å². The number of rotatable bonds is 0. The topological polar surface area (TPSA) is 9.23 Å². The van der Waals surface area contributed by atoms with Gasteiger partial charge in [-0.3, -0.25) is 4.74 Å². The zero-order valence-corrected chi connectivity index (χ0v) is 6.68. The fourth-order valence-corrected chi connectivity index (χ4v) is 1.00. The van der Waals surface area contributed by atoms with Crippen LogP contribution in [0.1, 0.15) is 13.8 Å². The summed E-state index contributed by atoms with van der Waals surface area (Å²) in [5.74, 6) is -8.89. The second-order valence-electron chi connectivity index (χ2n) is 3.11. The van der Waals surface area contributed by atoms with Crippen LogP contribution < -0.4 is 0 Å². The van der Waals surface area contributed by atoms with Gasteiger partial charge in [0.2, 0.25) is 0 Å². The third-order valence-corrected chi connectivity index (χ3v) is 2.02. The van der Waals surface area contributed by atoms with Crippen LogP contribution in [0.15, 0.2) is 0 Å². The summed E-state index contributed by atoms with van der Waals surface area (Å²) in [6.45, 7) is -0.0381. The molecule has 0 saturated carbocycles. The minimum absolute atomic E-state index is 0.0613. The fraction of sp³-hybridized carbons (Fsp3) is 1.00. The first kappa shape index (κ1) is 10.6. The normalized spacial score (nSPS) is 48.0. The highest BCUT2D eigenvalue weighted by Crippen LogP contribution is 2.59. The zero-order chi connectivity index (χ0) is 10.7. The lowest BCUT2D eigenvalue weighted by molar-refractivity contribution is -0.311. The third-order valence-electron chi connectivity index (χ3n) is 2.02. The maximum absolute atomic E-state index is 12.8. The Morgan fingerprint density at radius 3 is 1.31 bits per heavy atom. The predicted octanol–water partition coefficient (Wildman–Crippen LogP) is 2.66. The highest BCUT2D eigenvalue weighted by atomic mass is 19.3. The van der Waals surface area contributed by atoms with Crippen molar-refractivity contribution in [3.8, 4) is 0 Å². The van der Waals surface area contributed by atoms with Crippen molar-refractivity contribution >= 4 is 0 Å². The number of halogens is 6. The fourth-order valence-electron chi connectivity index (χ4n) is 1.00. The highest BCUT2D eigenvalue weighted by molar-refractivity contribution is 5.09. The Balaban J connectivity index is 3.24. The Hall–Kier alpha value is -0.460. The average Bonchev–Trinajstić information content (AvgIpc) is 1.88. The van der Waals surface area contributed by atoms with Crippen molar-refractivity contribution in [3.05, 3.63) is 0 Å². The molecule has 7 heteroatoms. The van der Waals surface area contributed by atoms with E-state index < -0.39 is 23.6 Å². The van der Waals surface area contributed by atoms with Gasteiger partial charge in [0.05, 0.1) is 0 Å². The first-order valence-corrected chi connectivity index (χ1v) is 3.29. The molecule has 0 spiro atoms. The Morgan fingerprint density at radius 2 is 1.23 bits per heavy atom. The summed E-state index contributed by atoms with van der Waals surface area (Å²) in [5, 5.41) is 0. The molecule has 0 aromatic heterocycles. The van der Waals surface area contributed by atoms with E-state index in [2.05, 4.69) is 4.74 Å². The predicted molar refractivity (Wildman–Crippen MR) is 30.0 cm³/mol. The molecule has 1 aliphatic heterocycles. The molecule has 1 fully saturated rings. The first-order valence-electron chi connectivity index (χ1n) is 3.29. The Kier molecular flexibility index (Phi) is 1.74. The molecular weight excluding hydrogens is 202 g/mol. The number of hydrogen-bond donors (Lipinski definition) is 0. The molecule has 13 heavy (non-hydrogen) atoms. The molecule has 0 N–H and O–H groups in total. The van der Waals surface area contributed by atoms with Crippen LogP contribution in [0.4, 0.5) is 26.3 Å². The molecule has 1 saturated heterocycles. The van der Waals surface area contributed by atoms with Gasteiger partial charge in [0.15, 0.2) is 0 Å². The number of hydrogen-bond acceptors (Lipinski definition) is 1. The van der Waals surface area contributed by atoms with Gasteiger partial charge in [-0.25, -0.2) is 8.78 Å². The molecule has 0 bridgehead atoms. The van der Waals surface area contributed by atoms with Crippen LogP contribution in [-0.2, 0) is 4.74 Å². The van der Waals surface area contributed by atoms with Crippen LogP contribution in [0.5, 0.6) is 0 Å². The Morgan fingerprint density at radius 1 is 0.846 bits per heavy atom. The maximum atomic E-state index is 12.8. The van der Waals surface area contributed by atoms with Gasteiger partial charge in [0.1, 0.15) is 0 Å². The quantitative estimate of drug-likeness (QED) is 0.556. The summed E-state index contributed by atoms with van der Waals surface area (Å²) in [6.07, 6.45) is -4.83. The van der Waals surface area contributed by atoms with Crippen LogP contribution >= 0.6 is 0 Å². The molecular formula is C6H6F6O. The lowest BCUT2D eigenvalue weighted by atomic mass is 9.97. The van der Waals surface area contributed by atoms with Crippen LogP contribution in [0.2, 0.25) is 0 Å². The van der Waals surface area contributed by atoms with E-state index in [-0.39, 0.29) is 13.8 Å². The van der Waals surface area contributed by atoms with Crippen molar-refractivity contribution in [3.63, 3.8) is 0 Å². The minimum atomic E-state index is -4.89. The molecule has 1 nitrogen and oxygen atoms in total. The Labute approximate surface area is 69.7 Å². The zero-order valence-electron chi connectivity index (χ0n) is 6.68. The van der Waals surface area contributed by atoms with Crippen molar-refractivity contribution in [1.82, 2.24) is 0 Å². The summed E-state index contributed by atoms with van der Waals surface area (Å²) in [6, 6.07) is 0. The second kappa shape index (κ2) is 2.13. The van der Waals surface area contributed by atoms with Gasteiger partial charge < -0.3 is 0 Å². The van der Waals surface area contributed by atoms with Crippen molar-refractivity contribution in [2.45, 2.75) is 37.4 Å².